The van der Waals surface area contributed by atoms with Gasteiger partial charge in [0.25, 0.3) is 0 Å². The molecule has 0 aromatic heterocycles. The molecule has 1 N–H and O–H groups in total. The fraction of sp³-hybridized carbons (Fsp3) is 0.625. The molecule has 1 unspecified atom stereocenters. The van der Waals surface area contributed by atoms with E-state index in [0.717, 1.165) is 24.2 Å². The molecule has 0 saturated carbocycles. The summed E-state index contributed by atoms with van der Waals surface area (Å²) < 4.78 is 5.76. The van der Waals surface area contributed by atoms with Gasteiger partial charge >= 0.3 is 0 Å². The lowest BCUT2D eigenvalue weighted by atomic mass is 9.92. The molecule has 1 aromatic rings. The Morgan fingerprint density at radius 2 is 1.95 bits per heavy atom. The lowest BCUT2D eigenvalue weighted by Gasteiger charge is -2.29. The van der Waals surface area contributed by atoms with E-state index in [-0.39, 0.29) is 0 Å². The summed E-state index contributed by atoms with van der Waals surface area (Å²) in [4.78, 5) is 2.68. The first-order valence-corrected chi connectivity index (χ1v) is 7.55. The fourth-order valence-electron chi connectivity index (χ4n) is 4.02. The largest absolute Gasteiger partial charge is 0.493 e. The number of hydrogen-bond donors (Lipinski definition) is 1. The van der Waals surface area contributed by atoms with Gasteiger partial charge < -0.3 is 15.0 Å². The third-order valence-electron chi connectivity index (χ3n) is 5.03. The number of benzene rings is 1. The molecule has 2 saturated heterocycles. The summed E-state index contributed by atoms with van der Waals surface area (Å²) in [5.41, 5.74) is 1.42. The van der Waals surface area contributed by atoms with Gasteiger partial charge in [-0.3, -0.25) is 0 Å². The smallest absolute Gasteiger partial charge is 0.122 e. The summed E-state index contributed by atoms with van der Waals surface area (Å²) in [6, 6.07) is 8.58. The minimum atomic E-state index is 0.664. The highest BCUT2D eigenvalue weighted by atomic mass is 16.5. The van der Waals surface area contributed by atoms with Gasteiger partial charge in [0, 0.05) is 25.6 Å². The normalized spacial score (nSPS) is 33.8. The fourth-order valence-corrected chi connectivity index (χ4v) is 4.02. The van der Waals surface area contributed by atoms with Crippen LogP contribution in [0.5, 0.6) is 5.75 Å². The van der Waals surface area contributed by atoms with E-state index in [9.17, 15) is 0 Å². The van der Waals surface area contributed by atoms with Gasteiger partial charge in [-0.15, -0.1) is 0 Å². The van der Waals surface area contributed by atoms with E-state index in [2.05, 4.69) is 34.5 Å². The predicted molar refractivity (Wildman–Crippen MR) is 75.6 cm³/mol. The average molecular weight is 258 g/mol. The van der Waals surface area contributed by atoms with Crippen LogP contribution in [0.25, 0.3) is 0 Å². The van der Waals surface area contributed by atoms with Crippen LogP contribution in [-0.4, -0.2) is 44.2 Å². The molecule has 3 nitrogen and oxygen atoms in total. The number of nitrogens with zero attached hydrogens (tertiary/aromatic N) is 1. The zero-order valence-corrected chi connectivity index (χ0v) is 11.3. The van der Waals surface area contributed by atoms with Crippen LogP contribution in [-0.2, 0) is 0 Å². The Balaban J connectivity index is 1.47. The zero-order valence-electron chi connectivity index (χ0n) is 11.3. The highest BCUT2D eigenvalue weighted by molar-refractivity contribution is 5.38. The maximum Gasteiger partial charge on any atom is 0.122 e. The van der Waals surface area contributed by atoms with E-state index in [1.165, 1.54) is 44.7 Å². The van der Waals surface area contributed by atoms with Crippen molar-refractivity contribution in [1.82, 2.24) is 10.2 Å². The molecule has 3 heteroatoms. The van der Waals surface area contributed by atoms with E-state index in [1.807, 2.05) is 0 Å². The number of rotatable bonds is 2. The first-order chi connectivity index (χ1) is 9.40. The maximum absolute atomic E-state index is 5.76. The second kappa shape index (κ2) is 4.80. The first kappa shape index (κ1) is 11.7. The molecule has 0 radical (unpaired) electrons. The highest BCUT2D eigenvalue weighted by Crippen LogP contribution is 2.35. The van der Waals surface area contributed by atoms with Gasteiger partial charge in [0.05, 0.1) is 6.61 Å². The Bertz CT molecular complexity index is 450. The number of likely N-dealkylation sites (tertiary alicyclic amines) is 1. The molecule has 3 aliphatic heterocycles. The molecule has 4 rings (SSSR count). The average Bonchev–Trinajstić information content (AvgIpc) is 3.00. The number of ether oxygens (including phenoxy) is 1. The topological polar surface area (TPSA) is 24.5 Å². The molecule has 102 valence electrons. The van der Waals surface area contributed by atoms with Gasteiger partial charge in [0.15, 0.2) is 0 Å². The van der Waals surface area contributed by atoms with Crippen molar-refractivity contribution in [2.75, 3.05) is 39.3 Å². The van der Waals surface area contributed by atoms with Crippen molar-refractivity contribution in [1.29, 1.82) is 0 Å². The van der Waals surface area contributed by atoms with Crippen LogP contribution in [0.2, 0.25) is 0 Å². The van der Waals surface area contributed by atoms with Crippen molar-refractivity contribution in [3.8, 4) is 5.75 Å². The van der Waals surface area contributed by atoms with Crippen molar-refractivity contribution in [2.24, 2.45) is 11.8 Å². The maximum atomic E-state index is 5.76. The SMILES string of the molecule is c1ccc2c(c1)OCCC2CN1C[C@H]2CNC[C@H]2C1. The van der Waals surface area contributed by atoms with Crippen LogP contribution in [0.3, 0.4) is 0 Å². The molecule has 19 heavy (non-hydrogen) atoms. The second-order valence-electron chi connectivity index (χ2n) is 6.27. The molecule has 0 amide bonds. The molecule has 0 bridgehead atoms. The van der Waals surface area contributed by atoms with Crippen molar-refractivity contribution >= 4 is 0 Å². The minimum Gasteiger partial charge on any atom is -0.493 e. The Morgan fingerprint density at radius 3 is 2.79 bits per heavy atom. The van der Waals surface area contributed by atoms with Gasteiger partial charge in [0.1, 0.15) is 5.75 Å². The highest BCUT2D eigenvalue weighted by Gasteiger charge is 2.37. The van der Waals surface area contributed by atoms with E-state index < -0.39 is 0 Å². The molecule has 2 fully saturated rings. The van der Waals surface area contributed by atoms with Crippen molar-refractivity contribution in [3.05, 3.63) is 29.8 Å². The molecule has 1 aromatic carbocycles. The monoisotopic (exact) mass is 258 g/mol. The summed E-state index contributed by atoms with van der Waals surface area (Å²) in [6.45, 7) is 7.13. The second-order valence-corrected chi connectivity index (χ2v) is 6.27. The van der Waals surface area contributed by atoms with Gasteiger partial charge in [-0.25, -0.2) is 0 Å². The van der Waals surface area contributed by atoms with Gasteiger partial charge in [-0.05, 0) is 43.0 Å². The Hall–Kier alpha value is -1.06. The summed E-state index contributed by atoms with van der Waals surface area (Å²) >= 11 is 0. The van der Waals surface area contributed by atoms with Crippen LogP contribution < -0.4 is 10.1 Å². The van der Waals surface area contributed by atoms with Crippen LogP contribution in [0.1, 0.15) is 17.9 Å². The summed E-state index contributed by atoms with van der Waals surface area (Å²) in [6.07, 6.45) is 1.17. The van der Waals surface area contributed by atoms with Crippen molar-refractivity contribution in [2.45, 2.75) is 12.3 Å². The van der Waals surface area contributed by atoms with Gasteiger partial charge in [-0.1, -0.05) is 18.2 Å². The van der Waals surface area contributed by atoms with Crippen LogP contribution >= 0.6 is 0 Å². The number of hydrogen-bond acceptors (Lipinski definition) is 3. The van der Waals surface area contributed by atoms with E-state index >= 15 is 0 Å². The molecule has 0 aliphatic carbocycles. The molecule has 3 atom stereocenters. The van der Waals surface area contributed by atoms with Crippen LogP contribution in [0.4, 0.5) is 0 Å². The van der Waals surface area contributed by atoms with Crippen molar-refractivity contribution < 1.29 is 4.74 Å². The Labute approximate surface area is 114 Å². The van der Waals surface area contributed by atoms with Crippen LogP contribution in [0.15, 0.2) is 24.3 Å². The molecule has 0 spiro atoms. The molecule has 3 heterocycles. The molecular formula is C16H22N2O. The summed E-state index contributed by atoms with van der Waals surface area (Å²) in [5, 5.41) is 3.52. The lowest BCUT2D eigenvalue weighted by Crippen LogP contribution is -2.31. The predicted octanol–water partition coefficient (Wildman–Crippen LogP) is 1.70. The number of para-hydroxylation sites is 1. The van der Waals surface area contributed by atoms with Crippen molar-refractivity contribution in [3.63, 3.8) is 0 Å². The molecule has 3 aliphatic rings. The Morgan fingerprint density at radius 1 is 1.16 bits per heavy atom. The lowest BCUT2D eigenvalue weighted by molar-refractivity contribution is 0.225. The third kappa shape index (κ3) is 2.15. The molecular weight excluding hydrogens is 236 g/mol. The van der Waals surface area contributed by atoms with E-state index in [4.69, 9.17) is 4.74 Å². The summed E-state index contributed by atoms with van der Waals surface area (Å²) in [7, 11) is 0. The number of fused-ring (bicyclic) bond motifs is 2. The standard InChI is InChI=1S/C16H22N2O/c1-2-4-16-15(3-1)12(5-6-19-16)9-18-10-13-7-17-8-14(13)11-18/h1-4,12-14,17H,5-11H2/t12?,13-,14+. The van der Waals surface area contributed by atoms with E-state index in [0.29, 0.717) is 5.92 Å². The summed E-state index contributed by atoms with van der Waals surface area (Å²) in [5.74, 6) is 3.57. The first-order valence-electron chi connectivity index (χ1n) is 7.55. The number of nitrogens with one attached hydrogen (secondary N) is 1. The Kier molecular flexibility index (Phi) is 2.97. The third-order valence-corrected chi connectivity index (χ3v) is 5.03. The quantitative estimate of drug-likeness (QED) is 0.874. The van der Waals surface area contributed by atoms with Gasteiger partial charge in [-0.2, -0.15) is 0 Å². The van der Waals surface area contributed by atoms with E-state index in [1.54, 1.807) is 0 Å². The van der Waals surface area contributed by atoms with Gasteiger partial charge in [0.2, 0.25) is 0 Å². The van der Waals surface area contributed by atoms with Crippen LogP contribution in [0, 0.1) is 11.8 Å². The zero-order chi connectivity index (χ0) is 12.7. The minimum absolute atomic E-state index is 0.664.